The monoisotopic (exact) mass is 344 g/mol. The second kappa shape index (κ2) is 6.45. The van der Waals surface area contributed by atoms with Gasteiger partial charge in [0.05, 0.1) is 12.7 Å². The van der Waals surface area contributed by atoms with Crippen LogP contribution >= 0.6 is 11.3 Å². The maximum absolute atomic E-state index is 12.4. The number of carbonyl (C=O) groups is 3. The van der Waals surface area contributed by atoms with E-state index in [1.807, 2.05) is 0 Å². The number of nitrogens with one attached hydrogen (secondary N) is 1. The Kier molecular flexibility index (Phi) is 4.35. The van der Waals surface area contributed by atoms with Crippen molar-refractivity contribution < 1.29 is 19.1 Å². The third-order valence-corrected chi connectivity index (χ3v) is 5.08. The molecule has 0 radical (unpaired) electrons. The number of ether oxygens (including phenoxy) is 1. The fraction of sp³-hybridized carbons (Fsp3) is 0.235. The van der Waals surface area contributed by atoms with E-state index in [1.165, 1.54) is 11.3 Å². The number of primary amides is 1. The van der Waals surface area contributed by atoms with Crippen molar-refractivity contribution in [2.24, 2.45) is 5.73 Å². The Morgan fingerprint density at radius 3 is 2.54 bits per heavy atom. The highest BCUT2D eigenvalue weighted by Gasteiger charge is 2.27. The topological polar surface area (TPSA) is 98.5 Å². The number of rotatable bonds is 4. The molecule has 0 atom stereocenters. The molecule has 0 unspecified atom stereocenters. The second-order valence-corrected chi connectivity index (χ2v) is 6.58. The first kappa shape index (κ1) is 16.2. The van der Waals surface area contributed by atoms with Gasteiger partial charge in [-0.2, -0.15) is 0 Å². The molecule has 1 aliphatic carbocycles. The van der Waals surface area contributed by atoms with Crippen LogP contribution in [-0.4, -0.2) is 24.7 Å². The summed E-state index contributed by atoms with van der Waals surface area (Å²) in [5.74, 6) is -0.153. The zero-order valence-corrected chi connectivity index (χ0v) is 13.9. The molecular weight excluding hydrogens is 328 g/mol. The number of benzene rings is 1. The van der Waals surface area contributed by atoms with Gasteiger partial charge in [0.25, 0.3) is 11.8 Å². The van der Waals surface area contributed by atoms with E-state index >= 15 is 0 Å². The summed E-state index contributed by atoms with van der Waals surface area (Å²) in [6.45, 7) is 0. The lowest BCUT2D eigenvalue weighted by atomic mass is 9.94. The van der Waals surface area contributed by atoms with Crippen molar-refractivity contribution in [3.63, 3.8) is 0 Å². The van der Waals surface area contributed by atoms with Crippen molar-refractivity contribution in [2.45, 2.75) is 19.3 Å². The number of ketones is 1. The fourth-order valence-electron chi connectivity index (χ4n) is 2.72. The summed E-state index contributed by atoms with van der Waals surface area (Å²) in [5, 5.41) is 3.15. The molecule has 7 heteroatoms. The molecule has 1 aromatic heterocycles. The van der Waals surface area contributed by atoms with Gasteiger partial charge in [-0.1, -0.05) is 0 Å². The van der Waals surface area contributed by atoms with Crippen molar-refractivity contribution in [2.75, 3.05) is 12.4 Å². The van der Waals surface area contributed by atoms with Crippen LogP contribution in [0.15, 0.2) is 24.3 Å². The number of fused-ring (bicyclic) bond motifs is 1. The van der Waals surface area contributed by atoms with Crippen LogP contribution in [0.2, 0.25) is 0 Å². The molecule has 3 N–H and O–H groups in total. The number of methoxy groups -OCH3 is 1. The van der Waals surface area contributed by atoms with Crippen molar-refractivity contribution in [3.05, 3.63) is 45.8 Å². The quantitative estimate of drug-likeness (QED) is 0.888. The predicted octanol–water partition coefficient (Wildman–Crippen LogP) is 2.17. The number of anilines is 1. The van der Waals surface area contributed by atoms with Crippen molar-refractivity contribution in [3.8, 4) is 5.75 Å². The van der Waals surface area contributed by atoms with Crippen LogP contribution in [0.4, 0.5) is 5.00 Å². The predicted molar refractivity (Wildman–Crippen MR) is 90.8 cm³/mol. The van der Waals surface area contributed by atoms with Gasteiger partial charge < -0.3 is 15.8 Å². The summed E-state index contributed by atoms with van der Waals surface area (Å²) in [6, 6.07) is 6.63. The summed E-state index contributed by atoms with van der Waals surface area (Å²) >= 11 is 1.25. The second-order valence-electron chi connectivity index (χ2n) is 5.47. The molecule has 124 valence electrons. The van der Waals surface area contributed by atoms with Crippen LogP contribution in [0.3, 0.4) is 0 Å². The van der Waals surface area contributed by atoms with Gasteiger partial charge >= 0.3 is 0 Å². The Morgan fingerprint density at radius 2 is 1.92 bits per heavy atom. The third kappa shape index (κ3) is 3.03. The minimum Gasteiger partial charge on any atom is -0.497 e. The van der Waals surface area contributed by atoms with Crippen LogP contribution in [0.25, 0.3) is 0 Å². The molecule has 0 spiro atoms. The molecule has 6 nitrogen and oxygen atoms in total. The minimum absolute atomic E-state index is 0.132. The Bertz CT molecular complexity index is 824. The largest absolute Gasteiger partial charge is 0.497 e. The first-order chi connectivity index (χ1) is 11.5. The van der Waals surface area contributed by atoms with E-state index in [1.54, 1.807) is 31.4 Å². The fourth-order valence-corrected chi connectivity index (χ4v) is 3.99. The SMILES string of the molecule is COc1ccc(C(=O)Nc2sc3c(c2C(N)=O)CCC(=O)C3)cc1. The maximum Gasteiger partial charge on any atom is 0.256 e. The van der Waals surface area contributed by atoms with Gasteiger partial charge in [-0.15, -0.1) is 11.3 Å². The zero-order chi connectivity index (χ0) is 17.3. The van der Waals surface area contributed by atoms with E-state index in [-0.39, 0.29) is 11.7 Å². The number of Topliss-reactive ketones (excluding diaryl/α,β-unsaturated/α-hetero) is 1. The van der Waals surface area contributed by atoms with Gasteiger partial charge in [0.15, 0.2) is 0 Å². The molecular formula is C17H16N2O4S. The lowest BCUT2D eigenvalue weighted by Gasteiger charge is -2.10. The van der Waals surface area contributed by atoms with E-state index < -0.39 is 5.91 Å². The minimum atomic E-state index is -0.591. The highest BCUT2D eigenvalue weighted by molar-refractivity contribution is 7.17. The smallest absolute Gasteiger partial charge is 0.256 e. The molecule has 0 aliphatic heterocycles. The van der Waals surface area contributed by atoms with Gasteiger partial charge in [-0.05, 0) is 36.2 Å². The number of nitrogens with two attached hydrogens (primary N) is 1. The van der Waals surface area contributed by atoms with Crippen molar-refractivity contribution in [1.29, 1.82) is 0 Å². The summed E-state index contributed by atoms with van der Waals surface area (Å²) in [5.41, 5.74) is 7.04. The first-order valence-corrected chi connectivity index (χ1v) is 8.22. The number of hydrogen-bond donors (Lipinski definition) is 2. The van der Waals surface area contributed by atoms with Crippen LogP contribution in [0.1, 0.15) is 37.6 Å². The molecule has 0 fully saturated rings. The van der Waals surface area contributed by atoms with E-state index in [0.717, 1.165) is 10.4 Å². The number of thiophene rings is 1. The summed E-state index contributed by atoms with van der Waals surface area (Å²) in [7, 11) is 1.55. The summed E-state index contributed by atoms with van der Waals surface area (Å²) in [4.78, 5) is 36.6. The standard InChI is InChI=1S/C17H16N2O4S/c1-23-11-5-2-9(3-6-11)16(22)19-17-14(15(18)21)12-7-4-10(20)8-13(12)24-17/h2-3,5-6H,4,7-8H2,1H3,(H2,18,21)(H,19,22). The van der Waals surface area contributed by atoms with Crippen LogP contribution in [0, 0.1) is 0 Å². The number of hydrogen-bond acceptors (Lipinski definition) is 5. The van der Waals surface area contributed by atoms with Gasteiger partial charge in [0.2, 0.25) is 0 Å². The van der Waals surface area contributed by atoms with Crippen LogP contribution in [0.5, 0.6) is 5.75 Å². The average molecular weight is 344 g/mol. The van der Waals surface area contributed by atoms with Gasteiger partial charge in [-0.3, -0.25) is 14.4 Å². The van der Waals surface area contributed by atoms with E-state index in [9.17, 15) is 14.4 Å². The Hall–Kier alpha value is -2.67. The molecule has 1 heterocycles. The van der Waals surface area contributed by atoms with E-state index in [2.05, 4.69) is 5.32 Å². The molecule has 3 rings (SSSR count). The zero-order valence-electron chi connectivity index (χ0n) is 13.0. The summed E-state index contributed by atoms with van der Waals surface area (Å²) < 4.78 is 5.06. The molecule has 1 aromatic carbocycles. The van der Waals surface area contributed by atoms with Gasteiger partial charge in [-0.25, -0.2) is 0 Å². The van der Waals surface area contributed by atoms with Crippen molar-refractivity contribution >= 4 is 33.9 Å². The van der Waals surface area contributed by atoms with Crippen LogP contribution in [-0.2, 0) is 17.6 Å². The average Bonchev–Trinajstić information content (AvgIpc) is 2.91. The number of carbonyl (C=O) groups excluding carboxylic acids is 3. The molecule has 0 bridgehead atoms. The lowest BCUT2D eigenvalue weighted by Crippen LogP contribution is -2.19. The third-order valence-electron chi connectivity index (χ3n) is 3.93. The highest BCUT2D eigenvalue weighted by atomic mass is 32.1. The Morgan fingerprint density at radius 1 is 1.21 bits per heavy atom. The maximum atomic E-state index is 12.4. The van der Waals surface area contributed by atoms with Crippen LogP contribution < -0.4 is 15.8 Å². The molecule has 0 saturated carbocycles. The molecule has 1 aliphatic rings. The first-order valence-electron chi connectivity index (χ1n) is 7.41. The highest BCUT2D eigenvalue weighted by Crippen LogP contribution is 2.37. The Labute approximate surface area is 142 Å². The Balaban J connectivity index is 1.90. The van der Waals surface area contributed by atoms with E-state index in [0.29, 0.717) is 41.1 Å². The molecule has 2 aromatic rings. The lowest BCUT2D eigenvalue weighted by molar-refractivity contribution is -0.118. The molecule has 0 saturated heterocycles. The van der Waals surface area contributed by atoms with Crippen molar-refractivity contribution in [1.82, 2.24) is 0 Å². The number of amides is 2. The normalized spacial score (nSPS) is 13.3. The van der Waals surface area contributed by atoms with E-state index in [4.69, 9.17) is 10.5 Å². The molecule has 24 heavy (non-hydrogen) atoms. The molecule has 2 amide bonds. The van der Waals surface area contributed by atoms with Gasteiger partial charge in [0, 0.05) is 23.3 Å². The summed E-state index contributed by atoms with van der Waals surface area (Å²) in [6.07, 6.45) is 1.18. The van der Waals surface area contributed by atoms with Gasteiger partial charge in [0.1, 0.15) is 16.5 Å².